The van der Waals surface area contributed by atoms with Crippen LogP contribution >= 0.6 is 0 Å². The van der Waals surface area contributed by atoms with Crippen LogP contribution < -0.4 is 9.44 Å². The fourth-order valence-electron chi connectivity index (χ4n) is 6.49. The molecule has 2 unspecified atom stereocenters. The first-order valence-corrected chi connectivity index (χ1v) is 20.1. The van der Waals surface area contributed by atoms with Crippen LogP contribution in [-0.2, 0) is 30.3 Å². The Morgan fingerprint density at radius 3 is 1.83 bits per heavy atom. The SMILES string of the molecule is CC(C)(C)C1=Nn2nc(-c3ccc(NS(C)(=O)=O)cc3)nc2C1C1C(=O)C(c2c(C(C)(C)C)nn3nc(-c4ccc(NS(C)(=O)=O)cc4)[nH]c23)=C1O. The van der Waals surface area contributed by atoms with Crippen LogP contribution in [0.4, 0.5) is 11.4 Å². The van der Waals surface area contributed by atoms with E-state index in [9.17, 15) is 26.7 Å². The molecule has 52 heavy (non-hydrogen) atoms. The fourth-order valence-corrected chi connectivity index (χ4v) is 7.62. The summed E-state index contributed by atoms with van der Waals surface area (Å²) in [5.41, 5.74) is 3.20. The number of allylic oxidation sites excluding steroid dienone is 2. The van der Waals surface area contributed by atoms with Gasteiger partial charge in [0.1, 0.15) is 5.76 Å². The van der Waals surface area contributed by atoms with Gasteiger partial charge in [0.15, 0.2) is 28.9 Å². The fraction of sp³-hybridized carbons (Fsp3) is 0.353. The van der Waals surface area contributed by atoms with Gasteiger partial charge in [0.25, 0.3) is 0 Å². The molecule has 2 atom stereocenters. The number of sulfonamides is 2. The van der Waals surface area contributed by atoms with E-state index in [-0.39, 0.29) is 17.1 Å². The number of aromatic amines is 1. The molecule has 16 nitrogen and oxygen atoms in total. The monoisotopic (exact) mass is 746 g/mol. The van der Waals surface area contributed by atoms with Crippen molar-refractivity contribution in [3.05, 3.63) is 71.4 Å². The molecule has 0 fully saturated rings. The van der Waals surface area contributed by atoms with Crippen molar-refractivity contribution in [1.82, 2.24) is 34.7 Å². The molecule has 0 spiro atoms. The zero-order valence-electron chi connectivity index (χ0n) is 29.7. The maximum absolute atomic E-state index is 14.4. The summed E-state index contributed by atoms with van der Waals surface area (Å²) in [6.45, 7) is 11.8. The van der Waals surface area contributed by atoms with E-state index in [0.29, 0.717) is 62.6 Å². The van der Waals surface area contributed by atoms with Crippen LogP contribution in [0.15, 0.2) is 59.4 Å². The number of nitrogens with zero attached hydrogens (tertiary/aromatic N) is 7. The van der Waals surface area contributed by atoms with Gasteiger partial charge in [-0.25, -0.2) is 21.8 Å². The van der Waals surface area contributed by atoms with Crippen molar-refractivity contribution in [3.8, 4) is 22.8 Å². The van der Waals surface area contributed by atoms with E-state index in [0.717, 1.165) is 12.5 Å². The van der Waals surface area contributed by atoms with Gasteiger partial charge in [-0.2, -0.15) is 10.2 Å². The smallest absolute Gasteiger partial charge is 0.229 e. The van der Waals surface area contributed by atoms with Crippen LogP contribution in [0, 0.1) is 11.3 Å². The van der Waals surface area contributed by atoms with Crippen LogP contribution in [-0.4, -0.2) is 80.6 Å². The summed E-state index contributed by atoms with van der Waals surface area (Å²) in [5, 5.41) is 30.6. The minimum absolute atomic E-state index is 0.117. The molecular formula is C34H38N10O6S2. The molecule has 7 rings (SSSR count). The van der Waals surface area contributed by atoms with Gasteiger partial charge < -0.3 is 10.1 Å². The minimum Gasteiger partial charge on any atom is -0.511 e. The number of aliphatic hydroxyl groups is 1. The summed E-state index contributed by atoms with van der Waals surface area (Å²) in [7, 11) is -6.90. The minimum atomic E-state index is -3.45. The Morgan fingerprint density at radius 2 is 1.33 bits per heavy atom. The molecule has 1 aliphatic heterocycles. The molecule has 0 bridgehead atoms. The summed E-state index contributed by atoms with van der Waals surface area (Å²) in [6.07, 6.45) is 2.14. The standard InChI is InChI=1S/C34H38N10O6S2/c1-33(2,3)27-23(31-35-29(39-43(31)37-27)17-9-13-19(14-10-17)41-51(7,47)48)21-25(45)22(26(21)46)24-28(34(4,5)6)38-44-32(24)36-30(40-44)18-11-15-20(16-12-18)42-52(8,49)50/h9-16,21,23,41-42,45H,1-8H3,(H,36,40). The first-order valence-electron chi connectivity index (χ1n) is 16.3. The quantitative estimate of drug-likeness (QED) is 0.174. The van der Waals surface area contributed by atoms with Crippen LogP contribution in [0.25, 0.3) is 34.0 Å². The summed E-state index contributed by atoms with van der Waals surface area (Å²) in [5.74, 6) is -0.947. The van der Waals surface area contributed by atoms with Gasteiger partial charge in [-0.3, -0.25) is 14.2 Å². The molecule has 2 aliphatic rings. The van der Waals surface area contributed by atoms with Gasteiger partial charge >= 0.3 is 0 Å². The molecule has 3 aromatic heterocycles. The zero-order chi connectivity index (χ0) is 37.7. The van der Waals surface area contributed by atoms with E-state index in [4.69, 9.17) is 15.2 Å². The van der Waals surface area contributed by atoms with E-state index in [2.05, 4.69) is 24.6 Å². The summed E-state index contributed by atoms with van der Waals surface area (Å²) >= 11 is 0. The topological polar surface area (TPSA) is 219 Å². The van der Waals surface area contributed by atoms with Gasteiger partial charge in [0.05, 0.1) is 46.9 Å². The average molecular weight is 747 g/mol. The number of aromatic nitrogens is 7. The van der Waals surface area contributed by atoms with Crippen molar-refractivity contribution in [2.45, 2.75) is 52.9 Å². The van der Waals surface area contributed by atoms with Crippen LogP contribution in [0.2, 0.25) is 0 Å². The predicted octanol–water partition coefficient (Wildman–Crippen LogP) is 4.54. The molecule has 5 aromatic rings. The van der Waals surface area contributed by atoms with E-state index in [1.54, 1.807) is 48.5 Å². The Balaban J connectivity index is 1.28. The third-order valence-electron chi connectivity index (χ3n) is 8.74. The van der Waals surface area contributed by atoms with Crippen LogP contribution in [0.1, 0.15) is 64.5 Å². The summed E-state index contributed by atoms with van der Waals surface area (Å²) in [6, 6.07) is 13.2. The van der Waals surface area contributed by atoms with Gasteiger partial charge in [-0.1, -0.05) is 41.5 Å². The van der Waals surface area contributed by atoms with Crippen LogP contribution in [0.5, 0.6) is 0 Å². The van der Waals surface area contributed by atoms with E-state index < -0.39 is 42.7 Å². The highest BCUT2D eigenvalue weighted by Gasteiger charge is 2.54. The number of Topliss-reactive ketones (excluding diaryl/α,β-unsaturated/α-hetero) is 1. The van der Waals surface area contributed by atoms with E-state index >= 15 is 0 Å². The Labute approximate surface area is 300 Å². The average Bonchev–Trinajstić information content (AvgIpc) is 3.77. The molecule has 2 aromatic carbocycles. The van der Waals surface area contributed by atoms with Crippen molar-refractivity contribution in [2.24, 2.45) is 16.4 Å². The number of carbonyl (C=O) groups excluding carboxylic acids is 1. The summed E-state index contributed by atoms with van der Waals surface area (Å²) < 4.78 is 52.9. The van der Waals surface area contributed by atoms with Crippen molar-refractivity contribution >= 4 is 54.1 Å². The van der Waals surface area contributed by atoms with Crippen molar-refractivity contribution in [1.29, 1.82) is 0 Å². The Hall–Kier alpha value is -5.36. The molecule has 18 heteroatoms. The molecule has 0 radical (unpaired) electrons. The second kappa shape index (κ2) is 11.6. The third kappa shape index (κ3) is 6.25. The lowest BCUT2D eigenvalue weighted by atomic mass is 9.66. The number of carbonyl (C=O) groups is 1. The Kier molecular flexibility index (Phi) is 7.80. The van der Waals surface area contributed by atoms with Gasteiger partial charge in [0, 0.05) is 33.3 Å². The number of hydrogen-bond donors (Lipinski definition) is 4. The first-order chi connectivity index (χ1) is 24.1. The van der Waals surface area contributed by atoms with Gasteiger partial charge in [-0.05, 0) is 48.5 Å². The van der Waals surface area contributed by atoms with Crippen molar-refractivity contribution in [3.63, 3.8) is 0 Å². The molecule has 0 saturated carbocycles. The number of benzene rings is 2. The Morgan fingerprint density at radius 1 is 0.769 bits per heavy atom. The highest BCUT2D eigenvalue weighted by Crippen LogP contribution is 2.51. The summed E-state index contributed by atoms with van der Waals surface area (Å²) in [4.78, 5) is 23.9. The molecule has 272 valence electrons. The zero-order valence-corrected chi connectivity index (χ0v) is 31.3. The molecule has 4 heterocycles. The van der Waals surface area contributed by atoms with E-state index in [1.807, 2.05) is 41.5 Å². The van der Waals surface area contributed by atoms with E-state index in [1.165, 1.54) is 9.42 Å². The number of rotatable bonds is 8. The highest BCUT2D eigenvalue weighted by molar-refractivity contribution is 7.92. The van der Waals surface area contributed by atoms with Crippen molar-refractivity contribution < 1.29 is 26.7 Å². The normalized spacial score (nSPS) is 18.1. The molecule has 4 N–H and O–H groups in total. The number of ketones is 1. The first kappa shape index (κ1) is 35.1. The molecule has 1 aliphatic carbocycles. The third-order valence-corrected chi connectivity index (χ3v) is 9.95. The lowest BCUT2D eigenvalue weighted by Gasteiger charge is -2.35. The lowest BCUT2D eigenvalue weighted by Crippen LogP contribution is -2.41. The van der Waals surface area contributed by atoms with Gasteiger partial charge in [-0.15, -0.1) is 19.6 Å². The second-order valence-corrected chi connectivity index (χ2v) is 18.7. The number of hydrogen-bond acceptors (Lipinski definition) is 11. The second-order valence-electron chi connectivity index (χ2n) is 15.2. The maximum Gasteiger partial charge on any atom is 0.229 e. The van der Waals surface area contributed by atoms with Crippen LogP contribution in [0.3, 0.4) is 0 Å². The van der Waals surface area contributed by atoms with Gasteiger partial charge in [0.2, 0.25) is 20.0 Å². The Bertz CT molecular complexity index is 2570. The molecule has 0 saturated heterocycles. The number of fused-ring (bicyclic) bond motifs is 2. The number of H-pyrrole nitrogens is 1. The van der Waals surface area contributed by atoms with Crippen molar-refractivity contribution in [2.75, 3.05) is 22.0 Å². The number of anilines is 2. The lowest BCUT2D eigenvalue weighted by molar-refractivity contribution is -0.119. The largest absolute Gasteiger partial charge is 0.511 e. The highest BCUT2D eigenvalue weighted by atomic mass is 32.2. The number of aliphatic hydroxyl groups excluding tert-OH is 1. The predicted molar refractivity (Wildman–Crippen MR) is 197 cm³/mol. The molecular weight excluding hydrogens is 709 g/mol. The maximum atomic E-state index is 14.4. The number of nitrogens with one attached hydrogen (secondary N) is 3. The molecule has 0 amide bonds.